The van der Waals surface area contributed by atoms with E-state index in [1.807, 2.05) is 0 Å². The van der Waals surface area contributed by atoms with E-state index in [2.05, 4.69) is 20.7 Å². The highest BCUT2D eigenvalue weighted by Crippen LogP contribution is 2.35. The fourth-order valence-corrected chi connectivity index (χ4v) is 2.45. The van der Waals surface area contributed by atoms with Gasteiger partial charge in [-0.1, -0.05) is 17.7 Å². The molecule has 1 aromatic carbocycles. The molecule has 31 heavy (non-hydrogen) atoms. The summed E-state index contributed by atoms with van der Waals surface area (Å²) in [6, 6.07) is 2.53. The maximum absolute atomic E-state index is 11.7. The molecule has 1 heterocycles. The monoisotopic (exact) mass is 450 g/mol. The third-order valence-electron chi connectivity index (χ3n) is 3.57. The van der Waals surface area contributed by atoms with E-state index in [1.165, 1.54) is 23.1 Å². The molecule has 0 unspecified atom stereocenters. The fraction of sp³-hybridized carbons (Fsp3) is 0.368. The van der Waals surface area contributed by atoms with Gasteiger partial charge in [-0.15, -0.1) is 4.91 Å². The third-order valence-corrected chi connectivity index (χ3v) is 3.95. The number of carbonyl (C=O) groups excluding carboxylic acids is 2. The predicted octanol–water partition coefficient (Wildman–Crippen LogP) is 3.09. The number of halogens is 1. The Morgan fingerprint density at radius 1 is 1.32 bits per heavy atom. The largest absolute Gasteiger partial charge is 0.488 e. The lowest BCUT2D eigenvalue weighted by molar-refractivity contribution is 0.0522. The average molecular weight is 451 g/mol. The van der Waals surface area contributed by atoms with Gasteiger partial charge in [0.2, 0.25) is 5.91 Å². The van der Waals surface area contributed by atoms with Crippen LogP contribution in [0.5, 0.6) is 5.75 Å². The molecule has 0 aliphatic heterocycles. The van der Waals surface area contributed by atoms with Crippen LogP contribution in [0.15, 0.2) is 35.7 Å². The summed E-state index contributed by atoms with van der Waals surface area (Å²) in [5, 5.41) is 13.7. The molecular weight excluding hydrogens is 428 g/mol. The van der Waals surface area contributed by atoms with E-state index in [4.69, 9.17) is 26.8 Å². The van der Waals surface area contributed by atoms with Crippen molar-refractivity contribution in [1.82, 2.24) is 20.3 Å². The van der Waals surface area contributed by atoms with Crippen molar-refractivity contribution in [2.75, 3.05) is 6.61 Å². The maximum atomic E-state index is 11.7. The lowest BCUT2D eigenvalue weighted by Gasteiger charge is -2.19. The number of nitrogens with one attached hydrogen (secondary N) is 1. The molecule has 12 heteroatoms. The molecule has 3 N–H and O–H groups in total. The first-order valence-electron chi connectivity index (χ1n) is 9.19. The minimum absolute atomic E-state index is 0.00993. The van der Waals surface area contributed by atoms with Crippen LogP contribution in [0.3, 0.4) is 0 Å². The Bertz CT molecular complexity index is 983. The number of benzene rings is 1. The molecule has 2 aromatic rings. The summed E-state index contributed by atoms with van der Waals surface area (Å²) in [6.07, 6.45) is 4.43. The zero-order valence-corrected chi connectivity index (χ0v) is 18.0. The summed E-state index contributed by atoms with van der Waals surface area (Å²) in [5.41, 5.74) is 5.14. The smallest absolute Gasteiger partial charge is 0.407 e. The second-order valence-electron chi connectivity index (χ2n) is 7.29. The summed E-state index contributed by atoms with van der Waals surface area (Å²) in [4.78, 5) is 35.2. The van der Waals surface area contributed by atoms with Crippen LogP contribution in [0.25, 0.3) is 0 Å². The molecule has 166 valence electrons. The van der Waals surface area contributed by atoms with E-state index in [9.17, 15) is 14.5 Å². The first-order chi connectivity index (χ1) is 14.6. The molecule has 0 aliphatic rings. The van der Waals surface area contributed by atoms with Crippen LogP contribution in [0, 0.1) is 4.91 Å². The number of primary amides is 1. The topological polar surface area (TPSA) is 151 Å². The number of amides is 2. The molecule has 2 rings (SSSR count). The molecule has 0 radical (unpaired) electrons. The van der Waals surface area contributed by atoms with Crippen LogP contribution < -0.4 is 15.8 Å². The molecule has 1 aromatic heterocycles. The number of nitroso groups, excluding NO2 is 1. The molecule has 0 bridgehead atoms. The SMILES string of the molecule is CC(C)(C)OC(=O)NCc1cnn(C/C=C/COc2cc(C(N)=O)cc(N=O)c2Cl)n1. The van der Waals surface area contributed by atoms with Crippen molar-refractivity contribution >= 4 is 29.3 Å². The van der Waals surface area contributed by atoms with Crippen LogP contribution in [-0.4, -0.2) is 39.2 Å². The van der Waals surface area contributed by atoms with Crippen LogP contribution in [0.2, 0.25) is 5.02 Å². The molecule has 0 fully saturated rings. The first kappa shape index (κ1) is 23.8. The number of hydrogen-bond donors (Lipinski definition) is 2. The van der Waals surface area contributed by atoms with Gasteiger partial charge < -0.3 is 20.5 Å². The Morgan fingerprint density at radius 3 is 2.71 bits per heavy atom. The van der Waals surface area contributed by atoms with Crippen molar-refractivity contribution in [2.45, 2.75) is 39.5 Å². The molecule has 0 saturated heterocycles. The third kappa shape index (κ3) is 7.70. The van der Waals surface area contributed by atoms with Crippen molar-refractivity contribution < 1.29 is 19.1 Å². The van der Waals surface area contributed by atoms with Crippen molar-refractivity contribution in [2.24, 2.45) is 10.9 Å². The fourth-order valence-electron chi connectivity index (χ4n) is 2.25. The molecule has 0 aliphatic carbocycles. The molecule has 0 saturated carbocycles. The van der Waals surface area contributed by atoms with E-state index in [-0.39, 0.29) is 35.2 Å². The van der Waals surface area contributed by atoms with Gasteiger partial charge in [0, 0.05) is 5.56 Å². The van der Waals surface area contributed by atoms with Crippen molar-refractivity contribution in [3.8, 4) is 5.75 Å². The van der Waals surface area contributed by atoms with Crippen LogP contribution in [0.1, 0.15) is 36.8 Å². The summed E-state index contributed by atoms with van der Waals surface area (Å²) in [5.74, 6) is -0.617. The summed E-state index contributed by atoms with van der Waals surface area (Å²) >= 11 is 6.03. The van der Waals surface area contributed by atoms with Gasteiger partial charge in [-0.3, -0.25) is 4.79 Å². The Balaban J connectivity index is 1.84. The number of rotatable bonds is 9. The number of ether oxygens (including phenoxy) is 2. The van der Waals surface area contributed by atoms with E-state index in [0.29, 0.717) is 12.2 Å². The zero-order chi connectivity index (χ0) is 23.0. The standard InChI is InChI=1S/C19H23ClN6O5/c1-19(2,3)31-18(28)22-10-13-11-23-26(24-13)6-4-5-7-30-15-9-12(17(21)27)8-14(25-29)16(15)20/h4-5,8-9,11H,6-7,10H2,1-3H3,(H2,21,27)(H,22,28)/b5-4+. The summed E-state index contributed by atoms with van der Waals surface area (Å²) < 4.78 is 10.6. The number of nitrogens with zero attached hydrogens (tertiary/aromatic N) is 4. The van der Waals surface area contributed by atoms with Gasteiger partial charge >= 0.3 is 6.09 Å². The van der Waals surface area contributed by atoms with Gasteiger partial charge in [0.15, 0.2) is 0 Å². The lowest BCUT2D eigenvalue weighted by Crippen LogP contribution is -2.32. The molecular formula is C19H23ClN6O5. The predicted molar refractivity (Wildman–Crippen MR) is 113 cm³/mol. The van der Waals surface area contributed by atoms with Gasteiger partial charge in [-0.25, -0.2) is 4.79 Å². The normalized spacial score (nSPS) is 11.4. The zero-order valence-electron chi connectivity index (χ0n) is 17.3. The quantitative estimate of drug-likeness (QED) is 0.440. The number of nitrogens with two attached hydrogens (primary N) is 1. The highest BCUT2D eigenvalue weighted by molar-refractivity contribution is 6.34. The van der Waals surface area contributed by atoms with E-state index in [0.717, 1.165) is 0 Å². The average Bonchev–Trinajstić information content (AvgIpc) is 3.13. The number of hydrogen-bond acceptors (Lipinski definition) is 8. The Labute approximate surface area is 183 Å². The molecule has 0 atom stereocenters. The van der Waals surface area contributed by atoms with E-state index < -0.39 is 17.6 Å². The van der Waals surface area contributed by atoms with Gasteiger partial charge in [-0.2, -0.15) is 15.0 Å². The Hall–Kier alpha value is -3.47. The number of allylic oxidation sites excluding steroid dienone is 1. The number of carbonyl (C=O) groups is 2. The minimum Gasteiger partial charge on any atom is -0.488 e. The van der Waals surface area contributed by atoms with Crippen LogP contribution >= 0.6 is 11.6 Å². The van der Waals surface area contributed by atoms with Gasteiger partial charge in [0.05, 0.1) is 19.3 Å². The van der Waals surface area contributed by atoms with Gasteiger partial charge in [0.1, 0.15) is 34.4 Å². The van der Waals surface area contributed by atoms with E-state index in [1.54, 1.807) is 32.9 Å². The van der Waals surface area contributed by atoms with Crippen molar-refractivity contribution in [3.05, 3.63) is 51.7 Å². The van der Waals surface area contributed by atoms with Gasteiger partial charge in [-0.05, 0) is 44.2 Å². The van der Waals surface area contributed by atoms with Gasteiger partial charge in [0.25, 0.3) is 0 Å². The number of aromatic nitrogens is 3. The molecule has 0 spiro atoms. The highest BCUT2D eigenvalue weighted by atomic mass is 35.5. The Morgan fingerprint density at radius 2 is 2.06 bits per heavy atom. The summed E-state index contributed by atoms with van der Waals surface area (Å²) in [6.45, 7) is 5.97. The van der Waals surface area contributed by atoms with Crippen molar-refractivity contribution in [1.29, 1.82) is 0 Å². The number of alkyl carbamates (subject to hydrolysis) is 1. The molecule has 2 amide bonds. The second kappa shape index (κ2) is 10.5. The first-order valence-corrected chi connectivity index (χ1v) is 9.57. The van der Waals surface area contributed by atoms with E-state index >= 15 is 0 Å². The van der Waals surface area contributed by atoms with Crippen LogP contribution in [0.4, 0.5) is 10.5 Å². The van der Waals surface area contributed by atoms with Crippen molar-refractivity contribution in [3.63, 3.8) is 0 Å². The highest BCUT2D eigenvalue weighted by Gasteiger charge is 2.16. The van der Waals surface area contributed by atoms with Crippen LogP contribution in [-0.2, 0) is 17.8 Å². The minimum atomic E-state index is -0.733. The summed E-state index contributed by atoms with van der Waals surface area (Å²) in [7, 11) is 0. The maximum Gasteiger partial charge on any atom is 0.407 e. The lowest BCUT2D eigenvalue weighted by atomic mass is 10.2. The second-order valence-corrected chi connectivity index (χ2v) is 7.67. The molecule has 11 nitrogen and oxygen atoms in total. The Kier molecular flexibility index (Phi) is 8.08.